The largest absolute Gasteiger partial charge is 0.462 e. The summed E-state index contributed by atoms with van der Waals surface area (Å²) in [5.41, 5.74) is 7.90. The number of carbonyl (C=O) groups is 1. The van der Waals surface area contributed by atoms with Gasteiger partial charge in [0.2, 0.25) is 0 Å². The summed E-state index contributed by atoms with van der Waals surface area (Å²) >= 11 is 0. The number of nitrogens with two attached hydrogens (primary N) is 1. The molecule has 0 bridgehead atoms. The molecule has 0 aromatic heterocycles. The molecule has 5 nitrogen and oxygen atoms in total. The molecule has 112 valence electrons. The minimum Gasteiger partial charge on any atom is -0.462 e. The second-order valence-corrected chi connectivity index (χ2v) is 5.48. The third-order valence-electron chi connectivity index (χ3n) is 3.14. The summed E-state index contributed by atoms with van der Waals surface area (Å²) < 4.78 is 5.35. The van der Waals surface area contributed by atoms with Gasteiger partial charge in [0, 0.05) is 5.70 Å². The van der Waals surface area contributed by atoms with Crippen molar-refractivity contribution < 1.29 is 9.53 Å². The number of guanidine groups is 1. The van der Waals surface area contributed by atoms with Crippen LogP contribution in [0, 0.1) is 5.92 Å². The summed E-state index contributed by atoms with van der Waals surface area (Å²) in [5.74, 6) is 0.246. The number of rotatable bonds is 4. The van der Waals surface area contributed by atoms with Crippen LogP contribution in [-0.4, -0.2) is 18.5 Å². The summed E-state index contributed by atoms with van der Waals surface area (Å²) in [6.45, 7) is 6.19. The third-order valence-corrected chi connectivity index (χ3v) is 3.14. The molecule has 1 aromatic carbocycles. The first kappa shape index (κ1) is 15.1. The van der Waals surface area contributed by atoms with Crippen LogP contribution >= 0.6 is 0 Å². The van der Waals surface area contributed by atoms with Crippen LogP contribution in [0.25, 0.3) is 0 Å². The molecule has 3 N–H and O–H groups in total. The smallest absolute Gasteiger partial charge is 0.338 e. The first-order chi connectivity index (χ1) is 9.99. The number of esters is 1. The minimum atomic E-state index is -0.424. The Labute approximate surface area is 124 Å². The van der Waals surface area contributed by atoms with E-state index in [0.717, 1.165) is 5.56 Å². The van der Waals surface area contributed by atoms with Crippen molar-refractivity contribution in [1.29, 1.82) is 0 Å². The molecule has 0 amide bonds. The lowest BCUT2D eigenvalue weighted by atomic mass is 9.96. The van der Waals surface area contributed by atoms with Crippen LogP contribution in [-0.2, 0) is 9.53 Å². The van der Waals surface area contributed by atoms with Crippen LogP contribution in [0.3, 0.4) is 0 Å². The zero-order valence-electron chi connectivity index (χ0n) is 12.6. The summed E-state index contributed by atoms with van der Waals surface area (Å²) in [7, 11) is 0. The quantitative estimate of drug-likeness (QED) is 0.832. The zero-order valence-corrected chi connectivity index (χ0v) is 12.6. The second-order valence-electron chi connectivity index (χ2n) is 5.48. The average Bonchev–Trinajstić information content (AvgIpc) is 2.45. The number of carbonyl (C=O) groups excluding carboxylic acids is 1. The van der Waals surface area contributed by atoms with E-state index < -0.39 is 6.04 Å². The fraction of sp³-hybridized carbons (Fsp3) is 0.375. The summed E-state index contributed by atoms with van der Waals surface area (Å²) in [4.78, 5) is 16.7. The highest BCUT2D eigenvalue weighted by molar-refractivity contribution is 5.94. The van der Waals surface area contributed by atoms with Crippen molar-refractivity contribution in [3.63, 3.8) is 0 Å². The Morgan fingerprint density at radius 3 is 2.67 bits per heavy atom. The minimum absolute atomic E-state index is 0.287. The lowest BCUT2D eigenvalue weighted by Gasteiger charge is -2.24. The van der Waals surface area contributed by atoms with E-state index in [-0.39, 0.29) is 11.9 Å². The van der Waals surface area contributed by atoms with Crippen molar-refractivity contribution in [2.24, 2.45) is 16.6 Å². The van der Waals surface area contributed by atoms with Gasteiger partial charge in [-0.3, -0.25) is 0 Å². The normalized spacial score (nSPS) is 18.3. The SMILES string of the molecule is CC1=C(C(=O)OCC(C)C)C(c2ccccc2)N=C(N)N1. The maximum absolute atomic E-state index is 12.4. The molecular formula is C16H21N3O2. The van der Waals surface area contributed by atoms with Gasteiger partial charge in [-0.25, -0.2) is 9.79 Å². The second kappa shape index (κ2) is 6.43. The molecule has 21 heavy (non-hydrogen) atoms. The van der Waals surface area contributed by atoms with E-state index in [4.69, 9.17) is 10.5 Å². The number of nitrogens with one attached hydrogen (secondary N) is 1. The van der Waals surface area contributed by atoms with E-state index in [1.54, 1.807) is 0 Å². The Hall–Kier alpha value is -2.30. The number of aliphatic imine (C=N–C) groups is 1. The van der Waals surface area contributed by atoms with Gasteiger partial charge in [0.25, 0.3) is 0 Å². The molecule has 0 saturated heterocycles. The molecular weight excluding hydrogens is 266 g/mol. The number of benzene rings is 1. The van der Waals surface area contributed by atoms with Crippen LogP contribution in [0.4, 0.5) is 0 Å². The van der Waals surface area contributed by atoms with Crippen molar-refractivity contribution in [1.82, 2.24) is 5.32 Å². The molecule has 0 radical (unpaired) electrons. The Balaban J connectivity index is 2.31. The van der Waals surface area contributed by atoms with Crippen LogP contribution < -0.4 is 11.1 Å². The standard InChI is InChI=1S/C16H21N3O2/c1-10(2)9-21-15(20)13-11(3)18-16(17)19-14(13)12-7-5-4-6-8-12/h4-8,10,14H,9H2,1-3H3,(H3,17,18,19). The predicted octanol–water partition coefficient (Wildman–Crippen LogP) is 2.12. The van der Waals surface area contributed by atoms with Gasteiger partial charge in [0.1, 0.15) is 6.04 Å². The summed E-state index contributed by atoms with van der Waals surface area (Å²) in [6.07, 6.45) is 0. The van der Waals surface area contributed by atoms with E-state index in [1.165, 1.54) is 0 Å². The highest BCUT2D eigenvalue weighted by Crippen LogP contribution is 2.30. The van der Waals surface area contributed by atoms with Gasteiger partial charge in [-0.1, -0.05) is 44.2 Å². The van der Waals surface area contributed by atoms with Crippen LogP contribution in [0.15, 0.2) is 46.6 Å². The Morgan fingerprint density at radius 2 is 2.05 bits per heavy atom. The molecule has 0 aliphatic carbocycles. The van der Waals surface area contributed by atoms with Gasteiger partial charge < -0.3 is 15.8 Å². The highest BCUT2D eigenvalue weighted by Gasteiger charge is 2.29. The lowest BCUT2D eigenvalue weighted by Crippen LogP contribution is -2.37. The Kier molecular flexibility index (Phi) is 4.62. The van der Waals surface area contributed by atoms with Crippen molar-refractivity contribution in [2.75, 3.05) is 6.61 Å². The molecule has 2 rings (SSSR count). The molecule has 1 unspecified atom stereocenters. The Morgan fingerprint density at radius 1 is 1.38 bits per heavy atom. The molecule has 1 heterocycles. The molecule has 0 saturated carbocycles. The monoisotopic (exact) mass is 287 g/mol. The van der Waals surface area contributed by atoms with E-state index in [1.807, 2.05) is 51.1 Å². The first-order valence-electron chi connectivity index (χ1n) is 7.02. The van der Waals surface area contributed by atoms with E-state index >= 15 is 0 Å². The summed E-state index contributed by atoms with van der Waals surface area (Å²) in [5, 5.41) is 2.90. The van der Waals surface area contributed by atoms with E-state index in [0.29, 0.717) is 23.8 Å². The summed E-state index contributed by atoms with van der Waals surface area (Å²) in [6, 6.07) is 9.17. The van der Waals surface area contributed by atoms with Crippen molar-refractivity contribution in [3.05, 3.63) is 47.2 Å². The molecule has 0 fully saturated rings. The van der Waals surface area contributed by atoms with Crippen molar-refractivity contribution in [2.45, 2.75) is 26.8 Å². The van der Waals surface area contributed by atoms with Gasteiger partial charge in [-0.05, 0) is 18.4 Å². The zero-order chi connectivity index (χ0) is 15.4. The lowest BCUT2D eigenvalue weighted by molar-refractivity contribution is -0.140. The molecule has 1 aromatic rings. The van der Waals surface area contributed by atoms with E-state index in [2.05, 4.69) is 10.3 Å². The van der Waals surface area contributed by atoms with Gasteiger partial charge in [0.15, 0.2) is 5.96 Å². The molecule has 5 heteroatoms. The van der Waals surface area contributed by atoms with E-state index in [9.17, 15) is 4.79 Å². The fourth-order valence-corrected chi connectivity index (χ4v) is 2.16. The number of nitrogens with zero attached hydrogens (tertiary/aromatic N) is 1. The van der Waals surface area contributed by atoms with Gasteiger partial charge >= 0.3 is 5.97 Å². The molecule has 0 spiro atoms. The predicted molar refractivity (Wildman–Crippen MR) is 82.4 cm³/mol. The Bertz CT molecular complexity index is 576. The number of ether oxygens (including phenoxy) is 1. The molecule has 1 aliphatic rings. The molecule has 1 aliphatic heterocycles. The maximum Gasteiger partial charge on any atom is 0.338 e. The fourth-order valence-electron chi connectivity index (χ4n) is 2.16. The first-order valence-corrected chi connectivity index (χ1v) is 7.02. The van der Waals surface area contributed by atoms with Crippen LogP contribution in [0.2, 0.25) is 0 Å². The number of hydrogen-bond donors (Lipinski definition) is 2. The average molecular weight is 287 g/mol. The highest BCUT2D eigenvalue weighted by atomic mass is 16.5. The van der Waals surface area contributed by atoms with Crippen LogP contribution in [0.1, 0.15) is 32.4 Å². The van der Waals surface area contributed by atoms with Gasteiger partial charge in [0.05, 0.1) is 12.2 Å². The maximum atomic E-state index is 12.4. The van der Waals surface area contributed by atoms with Gasteiger partial charge in [-0.2, -0.15) is 0 Å². The topological polar surface area (TPSA) is 76.7 Å². The van der Waals surface area contributed by atoms with Crippen molar-refractivity contribution >= 4 is 11.9 Å². The van der Waals surface area contributed by atoms with Crippen LogP contribution in [0.5, 0.6) is 0 Å². The van der Waals surface area contributed by atoms with Gasteiger partial charge in [-0.15, -0.1) is 0 Å². The number of hydrogen-bond acceptors (Lipinski definition) is 5. The number of allylic oxidation sites excluding steroid dienone is 1. The van der Waals surface area contributed by atoms with Crippen molar-refractivity contribution in [3.8, 4) is 0 Å². The third kappa shape index (κ3) is 3.62. The molecule has 1 atom stereocenters.